The van der Waals surface area contributed by atoms with Crippen LogP contribution in [0.5, 0.6) is 0 Å². The van der Waals surface area contributed by atoms with Gasteiger partial charge in [-0.2, -0.15) is 0 Å². The highest BCUT2D eigenvalue weighted by Crippen LogP contribution is 2.23. The van der Waals surface area contributed by atoms with Gasteiger partial charge in [-0.25, -0.2) is 8.42 Å². The van der Waals surface area contributed by atoms with Gasteiger partial charge in [0, 0.05) is 12.1 Å². The molecule has 1 aliphatic heterocycles. The molecule has 1 N–H and O–H groups in total. The van der Waals surface area contributed by atoms with Crippen molar-refractivity contribution >= 4 is 21.4 Å². The van der Waals surface area contributed by atoms with E-state index in [4.69, 9.17) is 0 Å². The van der Waals surface area contributed by atoms with Gasteiger partial charge in [0.1, 0.15) is 0 Å². The summed E-state index contributed by atoms with van der Waals surface area (Å²) in [6.07, 6.45) is 0.884. The first-order valence-electron chi connectivity index (χ1n) is 6.44. The van der Waals surface area contributed by atoms with Crippen molar-refractivity contribution in [3.63, 3.8) is 0 Å². The molecule has 0 aliphatic carbocycles. The van der Waals surface area contributed by atoms with Gasteiger partial charge in [-0.3, -0.25) is 4.79 Å². The molecule has 0 spiro atoms. The van der Waals surface area contributed by atoms with E-state index in [2.05, 4.69) is 5.32 Å². The molecule has 0 aromatic heterocycles. The molecule has 1 heterocycles. The highest BCUT2D eigenvalue weighted by Gasteiger charge is 2.29. The van der Waals surface area contributed by atoms with Crippen molar-refractivity contribution in [1.29, 1.82) is 0 Å². The average molecular weight is 281 g/mol. The van der Waals surface area contributed by atoms with Crippen molar-refractivity contribution in [1.82, 2.24) is 0 Å². The van der Waals surface area contributed by atoms with Crippen LogP contribution in [-0.4, -0.2) is 25.8 Å². The van der Waals surface area contributed by atoms with E-state index in [0.29, 0.717) is 6.42 Å². The van der Waals surface area contributed by atoms with E-state index in [1.54, 1.807) is 0 Å². The van der Waals surface area contributed by atoms with E-state index >= 15 is 0 Å². The topological polar surface area (TPSA) is 63.2 Å². The van der Waals surface area contributed by atoms with Gasteiger partial charge in [-0.1, -0.05) is 12.1 Å². The number of sulfone groups is 1. The second-order valence-corrected chi connectivity index (χ2v) is 7.50. The number of carbonyl (C=O) groups is 1. The number of benzene rings is 1. The maximum absolute atomic E-state index is 11.9. The van der Waals surface area contributed by atoms with Gasteiger partial charge in [0.05, 0.1) is 11.5 Å². The van der Waals surface area contributed by atoms with Gasteiger partial charge >= 0.3 is 0 Å². The van der Waals surface area contributed by atoms with E-state index in [9.17, 15) is 13.2 Å². The highest BCUT2D eigenvalue weighted by molar-refractivity contribution is 7.91. The SMILES string of the molecule is Cc1cccc(NC(=O)C[C@H]2CCS(=O)(=O)C2)c1C. The van der Waals surface area contributed by atoms with Crippen molar-refractivity contribution in [2.75, 3.05) is 16.8 Å². The molecule has 2 rings (SSSR count). The van der Waals surface area contributed by atoms with Crippen molar-refractivity contribution in [3.05, 3.63) is 29.3 Å². The lowest BCUT2D eigenvalue weighted by Gasteiger charge is -2.12. The number of amides is 1. The van der Waals surface area contributed by atoms with Gasteiger partial charge in [0.15, 0.2) is 9.84 Å². The van der Waals surface area contributed by atoms with Crippen LogP contribution in [0.3, 0.4) is 0 Å². The van der Waals surface area contributed by atoms with Crippen molar-refractivity contribution in [2.24, 2.45) is 5.92 Å². The Kier molecular flexibility index (Phi) is 3.94. The molecular formula is C14H19NO3S. The standard InChI is InChI=1S/C14H19NO3S/c1-10-4-3-5-13(11(10)2)15-14(16)8-12-6-7-19(17,18)9-12/h3-5,12H,6-9H2,1-2H3,(H,15,16)/t12-/m1/s1. The zero-order chi connectivity index (χ0) is 14.0. The number of nitrogens with one attached hydrogen (secondary N) is 1. The molecule has 4 nitrogen and oxygen atoms in total. The zero-order valence-electron chi connectivity index (χ0n) is 11.3. The smallest absolute Gasteiger partial charge is 0.224 e. The summed E-state index contributed by atoms with van der Waals surface area (Å²) >= 11 is 0. The predicted molar refractivity (Wildman–Crippen MR) is 75.9 cm³/mol. The van der Waals surface area contributed by atoms with Crippen LogP contribution >= 0.6 is 0 Å². The highest BCUT2D eigenvalue weighted by atomic mass is 32.2. The third-order valence-corrected chi connectivity index (χ3v) is 5.52. The Balaban J connectivity index is 1.97. The van der Waals surface area contributed by atoms with E-state index in [1.807, 2.05) is 32.0 Å². The summed E-state index contributed by atoms with van der Waals surface area (Å²) < 4.78 is 22.7. The molecule has 1 amide bonds. The van der Waals surface area contributed by atoms with Gasteiger partial charge in [-0.05, 0) is 43.4 Å². The quantitative estimate of drug-likeness (QED) is 0.922. The summed E-state index contributed by atoms with van der Waals surface area (Å²) in [4.78, 5) is 11.9. The van der Waals surface area contributed by atoms with Crippen LogP contribution in [0.4, 0.5) is 5.69 Å². The maximum Gasteiger partial charge on any atom is 0.224 e. The fraction of sp³-hybridized carbons (Fsp3) is 0.500. The van der Waals surface area contributed by atoms with E-state index in [0.717, 1.165) is 16.8 Å². The normalized spacial score (nSPS) is 21.3. The second kappa shape index (κ2) is 5.33. The third kappa shape index (κ3) is 3.56. The number of hydrogen-bond donors (Lipinski definition) is 1. The Hall–Kier alpha value is -1.36. The van der Waals surface area contributed by atoms with E-state index in [1.165, 1.54) is 0 Å². The second-order valence-electron chi connectivity index (χ2n) is 5.27. The Morgan fingerprint density at radius 1 is 1.37 bits per heavy atom. The molecule has 0 saturated carbocycles. The van der Waals surface area contributed by atoms with Gasteiger partial charge in [0.25, 0.3) is 0 Å². The third-order valence-electron chi connectivity index (χ3n) is 3.68. The van der Waals surface area contributed by atoms with Crippen LogP contribution in [-0.2, 0) is 14.6 Å². The summed E-state index contributed by atoms with van der Waals surface area (Å²) in [5.41, 5.74) is 2.99. The number of rotatable bonds is 3. The molecule has 0 unspecified atom stereocenters. The molecule has 1 aromatic rings. The lowest BCUT2D eigenvalue weighted by molar-refractivity contribution is -0.116. The maximum atomic E-state index is 11.9. The van der Waals surface area contributed by atoms with E-state index in [-0.39, 0.29) is 29.8 Å². The fourth-order valence-corrected chi connectivity index (χ4v) is 4.24. The molecule has 5 heteroatoms. The molecule has 104 valence electrons. The lowest BCUT2D eigenvalue weighted by atomic mass is 10.0. The number of hydrogen-bond acceptors (Lipinski definition) is 3. The van der Waals surface area contributed by atoms with Crippen molar-refractivity contribution in [3.8, 4) is 0 Å². The Bertz CT molecular complexity index is 593. The van der Waals surface area contributed by atoms with Crippen LogP contribution in [0.1, 0.15) is 24.0 Å². The number of aryl methyl sites for hydroxylation is 1. The molecule has 1 fully saturated rings. The van der Waals surface area contributed by atoms with Crippen LogP contribution in [0.25, 0.3) is 0 Å². The Labute approximate surface area is 114 Å². The number of carbonyl (C=O) groups excluding carboxylic acids is 1. The zero-order valence-corrected chi connectivity index (χ0v) is 12.1. The largest absolute Gasteiger partial charge is 0.326 e. The molecular weight excluding hydrogens is 262 g/mol. The molecule has 19 heavy (non-hydrogen) atoms. The summed E-state index contributed by atoms with van der Waals surface area (Å²) in [7, 11) is -2.91. The Morgan fingerprint density at radius 2 is 2.11 bits per heavy atom. The van der Waals surface area contributed by atoms with Crippen LogP contribution in [0.2, 0.25) is 0 Å². The number of anilines is 1. The lowest BCUT2D eigenvalue weighted by Crippen LogP contribution is -2.18. The first-order chi connectivity index (χ1) is 8.87. The minimum Gasteiger partial charge on any atom is -0.326 e. The van der Waals surface area contributed by atoms with Crippen molar-refractivity contribution < 1.29 is 13.2 Å². The van der Waals surface area contributed by atoms with Crippen LogP contribution in [0, 0.1) is 19.8 Å². The van der Waals surface area contributed by atoms with Crippen LogP contribution in [0.15, 0.2) is 18.2 Å². The summed E-state index contributed by atoms with van der Waals surface area (Å²) in [5.74, 6) is 0.229. The summed E-state index contributed by atoms with van der Waals surface area (Å²) in [6.45, 7) is 3.96. The van der Waals surface area contributed by atoms with Gasteiger partial charge in [0.2, 0.25) is 5.91 Å². The minimum absolute atomic E-state index is 0.0323. The summed E-state index contributed by atoms with van der Waals surface area (Å²) in [6, 6.07) is 5.76. The fourth-order valence-electron chi connectivity index (χ4n) is 2.38. The summed E-state index contributed by atoms with van der Waals surface area (Å²) in [5, 5.41) is 2.87. The average Bonchev–Trinajstić information content (AvgIpc) is 2.64. The molecule has 1 atom stereocenters. The monoisotopic (exact) mass is 281 g/mol. The van der Waals surface area contributed by atoms with Gasteiger partial charge < -0.3 is 5.32 Å². The predicted octanol–water partition coefficient (Wildman–Crippen LogP) is 2.07. The molecule has 1 aliphatic rings. The van der Waals surface area contributed by atoms with E-state index < -0.39 is 9.84 Å². The van der Waals surface area contributed by atoms with Crippen molar-refractivity contribution in [2.45, 2.75) is 26.7 Å². The minimum atomic E-state index is -2.91. The molecule has 1 saturated heterocycles. The van der Waals surface area contributed by atoms with Gasteiger partial charge in [-0.15, -0.1) is 0 Å². The van der Waals surface area contributed by atoms with Crippen LogP contribution < -0.4 is 5.32 Å². The Morgan fingerprint density at radius 3 is 2.74 bits per heavy atom. The molecule has 1 aromatic carbocycles. The molecule has 0 bridgehead atoms. The first-order valence-corrected chi connectivity index (χ1v) is 8.26. The molecule has 0 radical (unpaired) electrons. The first kappa shape index (κ1) is 14.1.